The predicted octanol–water partition coefficient (Wildman–Crippen LogP) is 0.756. The number of carbonyl (C=O) groups is 3. The van der Waals surface area contributed by atoms with E-state index in [9.17, 15) is 14.4 Å². The minimum Gasteiger partial charge on any atom is -0.450 e. The van der Waals surface area contributed by atoms with Crippen LogP contribution in [0.15, 0.2) is 0 Å². The molecule has 2 saturated heterocycles. The molecule has 0 N–H and O–H groups in total. The molecule has 0 saturated carbocycles. The second-order valence-corrected chi connectivity index (χ2v) is 4.57. The molecule has 0 aromatic rings. The van der Waals surface area contributed by atoms with Crippen LogP contribution in [0.1, 0.15) is 32.6 Å². The van der Waals surface area contributed by atoms with E-state index in [0.29, 0.717) is 45.4 Å². The van der Waals surface area contributed by atoms with Crippen molar-refractivity contribution in [2.75, 3.05) is 19.7 Å². The molecule has 0 bridgehead atoms. The van der Waals surface area contributed by atoms with E-state index in [1.807, 2.05) is 0 Å². The highest BCUT2D eigenvalue weighted by Gasteiger charge is 2.37. The van der Waals surface area contributed by atoms with Gasteiger partial charge in [0.2, 0.25) is 11.8 Å². The molecule has 3 amide bonds. The standard InChI is InChI=1S/C12H18N2O4/c1-2-18-12(17)13-7-5-9(6-8-13)14-10(15)3-4-11(14)16/h9H,2-8H2,1H3. The van der Waals surface area contributed by atoms with E-state index >= 15 is 0 Å². The van der Waals surface area contributed by atoms with Gasteiger partial charge in [-0.15, -0.1) is 0 Å². The second-order valence-electron chi connectivity index (χ2n) is 4.57. The zero-order chi connectivity index (χ0) is 13.1. The number of imide groups is 1. The third kappa shape index (κ3) is 2.47. The SMILES string of the molecule is CCOC(=O)N1CCC(N2C(=O)CCC2=O)CC1. The molecule has 0 aliphatic carbocycles. The van der Waals surface area contributed by atoms with Crippen molar-refractivity contribution < 1.29 is 19.1 Å². The van der Waals surface area contributed by atoms with Crippen LogP contribution in [-0.2, 0) is 14.3 Å². The van der Waals surface area contributed by atoms with Crippen LogP contribution in [0.4, 0.5) is 4.79 Å². The molecule has 18 heavy (non-hydrogen) atoms. The molecule has 2 aliphatic rings. The summed E-state index contributed by atoms with van der Waals surface area (Å²) in [4.78, 5) is 37.7. The number of hydrogen-bond acceptors (Lipinski definition) is 4. The third-order valence-corrected chi connectivity index (χ3v) is 3.45. The zero-order valence-corrected chi connectivity index (χ0v) is 10.6. The Kier molecular flexibility index (Phi) is 3.84. The van der Waals surface area contributed by atoms with Crippen LogP contribution < -0.4 is 0 Å². The van der Waals surface area contributed by atoms with Gasteiger partial charge in [-0.25, -0.2) is 4.79 Å². The molecule has 0 unspecified atom stereocenters. The van der Waals surface area contributed by atoms with Crippen molar-refractivity contribution in [1.29, 1.82) is 0 Å². The lowest BCUT2D eigenvalue weighted by atomic mass is 10.0. The minimum absolute atomic E-state index is 0.0434. The molecule has 6 nitrogen and oxygen atoms in total. The first-order valence-corrected chi connectivity index (χ1v) is 6.40. The summed E-state index contributed by atoms with van der Waals surface area (Å²) in [6, 6.07) is -0.0434. The largest absolute Gasteiger partial charge is 0.450 e. The predicted molar refractivity (Wildman–Crippen MR) is 62.7 cm³/mol. The number of nitrogens with zero attached hydrogens (tertiary/aromatic N) is 2. The van der Waals surface area contributed by atoms with E-state index in [2.05, 4.69) is 0 Å². The van der Waals surface area contributed by atoms with Crippen molar-refractivity contribution in [2.24, 2.45) is 0 Å². The van der Waals surface area contributed by atoms with Crippen molar-refractivity contribution in [2.45, 2.75) is 38.6 Å². The van der Waals surface area contributed by atoms with Crippen LogP contribution in [0.5, 0.6) is 0 Å². The normalized spacial score (nSPS) is 21.6. The van der Waals surface area contributed by atoms with Crippen LogP contribution in [0, 0.1) is 0 Å². The number of hydrogen-bond donors (Lipinski definition) is 0. The van der Waals surface area contributed by atoms with Gasteiger partial charge in [0.15, 0.2) is 0 Å². The van der Waals surface area contributed by atoms with Crippen LogP contribution >= 0.6 is 0 Å². The average Bonchev–Trinajstić information content (AvgIpc) is 2.70. The Morgan fingerprint density at radius 1 is 1.22 bits per heavy atom. The van der Waals surface area contributed by atoms with Crippen molar-refractivity contribution in [3.63, 3.8) is 0 Å². The Morgan fingerprint density at radius 3 is 2.28 bits per heavy atom. The van der Waals surface area contributed by atoms with Crippen molar-refractivity contribution in [3.8, 4) is 0 Å². The summed E-state index contributed by atoms with van der Waals surface area (Å²) in [5.74, 6) is -0.149. The molecule has 0 atom stereocenters. The average molecular weight is 254 g/mol. The number of likely N-dealkylation sites (tertiary alicyclic amines) is 2. The van der Waals surface area contributed by atoms with Crippen molar-refractivity contribution >= 4 is 17.9 Å². The molecule has 6 heteroatoms. The maximum Gasteiger partial charge on any atom is 0.409 e. The van der Waals surface area contributed by atoms with E-state index < -0.39 is 0 Å². The summed E-state index contributed by atoms with van der Waals surface area (Å²) in [5, 5.41) is 0. The molecule has 0 spiro atoms. The molecule has 2 heterocycles. The molecule has 2 fully saturated rings. The first-order valence-electron chi connectivity index (χ1n) is 6.40. The summed E-state index contributed by atoms with van der Waals surface area (Å²) < 4.78 is 4.92. The highest BCUT2D eigenvalue weighted by Crippen LogP contribution is 2.23. The van der Waals surface area contributed by atoms with Gasteiger partial charge in [-0.05, 0) is 19.8 Å². The number of amides is 3. The molecule has 2 aliphatic heterocycles. The van der Waals surface area contributed by atoms with Gasteiger partial charge in [0, 0.05) is 32.0 Å². The zero-order valence-electron chi connectivity index (χ0n) is 10.6. The fraction of sp³-hybridized carbons (Fsp3) is 0.750. The van der Waals surface area contributed by atoms with Gasteiger partial charge in [-0.3, -0.25) is 14.5 Å². The Hall–Kier alpha value is -1.59. The number of rotatable bonds is 2. The van der Waals surface area contributed by atoms with Gasteiger partial charge in [-0.1, -0.05) is 0 Å². The maximum atomic E-state index is 11.6. The summed E-state index contributed by atoms with van der Waals surface area (Å²) in [5.41, 5.74) is 0. The van der Waals surface area contributed by atoms with E-state index in [1.165, 1.54) is 4.90 Å². The Bertz CT molecular complexity index is 345. The molecule has 0 aromatic carbocycles. The third-order valence-electron chi connectivity index (χ3n) is 3.45. The highest BCUT2D eigenvalue weighted by atomic mass is 16.6. The number of ether oxygens (including phenoxy) is 1. The lowest BCUT2D eigenvalue weighted by Crippen LogP contribution is -2.48. The number of carbonyl (C=O) groups excluding carboxylic acids is 3. The van der Waals surface area contributed by atoms with Crippen LogP contribution in [0.25, 0.3) is 0 Å². The number of piperidine rings is 1. The van der Waals surface area contributed by atoms with E-state index in [0.717, 1.165) is 0 Å². The van der Waals surface area contributed by atoms with Crippen molar-refractivity contribution in [3.05, 3.63) is 0 Å². The van der Waals surface area contributed by atoms with Crippen LogP contribution in [-0.4, -0.2) is 53.4 Å². The lowest BCUT2D eigenvalue weighted by Gasteiger charge is -2.35. The molecule has 0 aromatic heterocycles. The second kappa shape index (κ2) is 5.37. The molecular formula is C12H18N2O4. The van der Waals surface area contributed by atoms with Crippen LogP contribution in [0.3, 0.4) is 0 Å². The minimum atomic E-state index is -0.310. The van der Waals surface area contributed by atoms with Crippen molar-refractivity contribution in [1.82, 2.24) is 9.80 Å². The summed E-state index contributed by atoms with van der Waals surface area (Å²) in [7, 11) is 0. The Balaban J connectivity index is 1.88. The first-order chi connectivity index (χ1) is 8.63. The molecule has 100 valence electrons. The monoisotopic (exact) mass is 254 g/mol. The fourth-order valence-corrected chi connectivity index (χ4v) is 2.52. The Labute approximate surface area is 106 Å². The first kappa shape index (κ1) is 12.9. The molecule has 2 rings (SSSR count). The van der Waals surface area contributed by atoms with Crippen LogP contribution in [0.2, 0.25) is 0 Å². The molecule has 0 radical (unpaired) electrons. The van der Waals surface area contributed by atoms with E-state index in [-0.39, 0.29) is 23.9 Å². The van der Waals surface area contributed by atoms with Gasteiger partial charge in [0.1, 0.15) is 0 Å². The summed E-state index contributed by atoms with van der Waals surface area (Å²) in [6.45, 7) is 3.22. The molecular weight excluding hydrogens is 236 g/mol. The van der Waals surface area contributed by atoms with E-state index in [1.54, 1.807) is 11.8 Å². The topological polar surface area (TPSA) is 66.9 Å². The fourth-order valence-electron chi connectivity index (χ4n) is 2.52. The summed E-state index contributed by atoms with van der Waals surface area (Å²) in [6.07, 6.45) is 1.65. The highest BCUT2D eigenvalue weighted by molar-refractivity contribution is 6.02. The lowest BCUT2D eigenvalue weighted by molar-refractivity contribution is -0.142. The van der Waals surface area contributed by atoms with Gasteiger partial charge in [0.05, 0.1) is 6.61 Å². The smallest absolute Gasteiger partial charge is 0.409 e. The quantitative estimate of drug-likeness (QED) is 0.682. The van der Waals surface area contributed by atoms with Gasteiger partial charge in [-0.2, -0.15) is 0 Å². The van der Waals surface area contributed by atoms with E-state index in [4.69, 9.17) is 4.74 Å². The summed E-state index contributed by atoms with van der Waals surface area (Å²) >= 11 is 0. The van der Waals surface area contributed by atoms with Gasteiger partial charge < -0.3 is 9.64 Å². The maximum absolute atomic E-state index is 11.6. The van der Waals surface area contributed by atoms with Gasteiger partial charge >= 0.3 is 6.09 Å². The van der Waals surface area contributed by atoms with Gasteiger partial charge in [0.25, 0.3) is 0 Å². The Morgan fingerprint density at radius 2 is 1.78 bits per heavy atom.